The third-order valence-electron chi connectivity index (χ3n) is 5.50. The molecule has 0 spiro atoms. The van der Waals surface area contributed by atoms with Gasteiger partial charge in [0.1, 0.15) is 0 Å². The van der Waals surface area contributed by atoms with Crippen LogP contribution in [0.5, 0.6) is 11.5 Å². The number of β-amino-alcohol motifs (C(OH)–C–C–N with tert-alkyl or cyclic N) is 1. The minimum absolute atomic E-state index is 0. The second-order valence-corrected chi connectivity index (χ2v) is 7.14. The maximum atomic E-state index is 9.83. The number of halogens is 1. The fourth-order valence-electron chi connectivity index (χ4n) is 4.12. The normalized spacial score (nSPS) is 26.3. The first-order chi connectivity index (χ1) is 12.2. The van der Waals surface area contributed by atoms with E-state index in [4.69, 9.17) is 14.2 Å². The van der Waals surface area contributed by atoms with Crippen LogP contribution in [-0.2, 0) is 11.2 Å². The molecule has 1 aliphatic heterocycles. The Morgan fingerprint density at radius 1 is 1.08 bits per heavy atom. The van der Waals surface area contributed by atoms with Gasteiger partial charge < -0.3 is 19.3 Å². The molecule has 0 amide bonds. The van der Waals surface area contributed by atoms with Crippen LogP contribution in [-0.4, -0.2) is 62.2 Å². The van der Waals surface area contributed by atoms with E-state index < -0.39 is 0 Å². The highest BCUT2D eigenvalue weighted by molar-refractivity contribution is 5.85. The molecule has 1 saturated carbocycles. The van der Waals surface area contributed by atoms with Crippen LogP contribution in [0.3, 0.4) is 0 Å². The van der Waals surface area contributed by atoms with Crippen molar-refractivity contribution in [2.24, 2.45) is 0 Å². The number of hydrogen-bond acceptors (Lipinski definition) is 5. The smallest absolute Gasteiger partial charge is 0.160 e. The predicted molar refractivity (Wildman–Crippen MR) is 105 cm³/mol. The van der Waals surface area contributed by atoms with Gasteiger partial charge in [0.2, 0.25) is 0 Å². The van der Waals surface area contributed by atoms with E-state index in [1.54, 1.807) is 14.2 Å². The molecule has 0 radical (unpaired) electrons. The zero-order valence-electron chi connectivity index (χ0n) is 15.9. The van der Waals surface area contributed by atoms with Crippen LogP contribution in [0.4, 0.5) is 0 Å². The Hall–Kier alpha value is -1.01. The van der Waals surface area contributed by atoms with Gasteiger partial charge in [-0.05, 0) is 43.4 Å². The van der Waals surface area contributed by atoms with Crippen molar-refractivity contribution in [3.8, 4) is 11.5 Å². The predicted octanol–water partition coefficient (Wildman–Crippen LogP) is 3.06. The van der Waals surface area contributed by atoms with Gasteiger partial charge in [0, 0.05) is 19.1 Å². The lowest BCUT2D eigenvalue weighted by atomic mass is 9.91. The van der Waals surface area contributed by atoms with E-state index in [0.29, 0.717) is 18.8 Å². The molecule has 1 aromatic rings. The van der Waals surface area contributed by atoms with Crippen molar-refractivity contribution in [1.82, 2.24) is 4.90 Å². The molecule has 3 atom stereocenters. The molecule has 26 heavy (non-hydrogen) atoms. The minimum Gasteiger partial charge on any atom is -0.493 e. The van der Waals surface area contributed by atoms with Gasteiger partial charge in [-0.1, -0.05) is 18.9 Å². The van der Waals surface area contributed by atoms with Gasteiger partial charge in [0.05, 0.1) is 33.0 Å². The second-order valence-electron chi connectivity index (χ2n) is 7.14. The number of ether oxygens (including phenoxy) is 3. The lowest BCUT2D eigenvalue weighted by molar-refractivity contribution is -0.0316. The van der Waals surface area contributed by atoms with Crippen molar-refractivity contribution < 1.29 is 19.3 Å². The molecule has 2 fully saturated rings. The lowest BCUT2D eigenvalue weighted by Gasteiger charge is -2.37. The number of likely N-dealkylation sites (tertiary alicyclic amines) is 1. The molecule has 1 saturated heterocycles. The maximum absolute atomic E-state index is 9.83. The summed E-state index contributed by atoms with van der Waals surface area (Å²) in [5, 5.41) is 9.83. The van der Waals surface area contributed by atoms with E-state index in [1.165, 1.54) is 24.8 Å². The first-order valence-corrected chi connectivity index (χ1v) is 9.46. The molecule has 0 bridgehead atoms. The van der Waals surface area contributed by atoms with Gasteiger partial charge in [-0.3, -0.25) is 4.90 Å². The number of hydrogen-bond donors (Lipinski definition) is 1. The monoisotopic (exact) mass is 385 g/mol. The number of benzene rings is 1. The number of nitrogens with zero attached hydrogens (tertiary/aromatic N) is 1. The Bertz CT molecular complexity index is 557. The van der Waals surface area contributed by atoms with E-state index in [-0.39, 0.29) is 18.5 Å². The highest BCUT2D eigenvalue weighted by atomic mass is 35.5. The number of rotatable bonds is 7. The minimum atomic E-state index is -0.158. The van der Waals surface area contributed by atoms with Crippen molar-refractivity contribution >= 4 is 12.4 Å². The van der Waals surface area contributed by atoms with Crippen LogP contribution in [0.1, 0.15) is 37.7 Å². The maximum Gasteiger partial charge on any atom is 0.160 e. The van der Waals surface area contributed by atoms with Gasteiger partial charge in [-0.2, -0.15) is 0 Å². The fourth-order valence-corrected chi connectivity index (χ4v) is 4.12. The zero-order chi connectivity index (χ0) is 17.6. The summed E-state index contributed by atoms with van der Waals surface area (Å²) in [7, 11) is 3.31. The topological polar surface area (TPSA) is 51.2 Å². The molecular weight excluding hydrogens is 354 g/mol. The lowest BCUT2D eigenvalue weighted by Crippen LogP contribution is -2.46. The molecule has 1 aliphatic carbocycles. The fraction of sp³-hybridized carbons (Fsp3) is 0.700. The molecule has 0 aromatic heterocycles. The van der Waals surface area contributed by atoms with Crippen LogP contribution >= 0.6 is 12.4 Å². The largest absolute Gasteiger partial charge is 0.493 e. The Morgan fingerprint density at radius 3 is 2.54 bits per heavy atom. The van der Waals surface area contributed by atoms with Crippen molar-refractivity contribution in [3.05, 3.63) is 23.8 Å². The summed E-state index contributed by atoms with van der Waals surface area (Å²) in [6, 6.07) is 6.51. The van der Waals surface area contributed by atoms with Crippen LogP contribution in [0.25, 0.3) is 0 Å². The Kier molecular flexibility index (Phi) is 8.48. The molecule has 1 N–H and O–H groups in total. The Morgan fingerprint density at radius 2 is 1.85 bits per heavy atom. The average Bonchev–Trinajstić information content (AvgIpc) is 3.08. The van der Waals surface area contributed by atoms with Crippen molar-refractivity contribution in [2.75, 3.05) is 33.9 Å². The van der Waals surface area contributed by atoms with E-state index in [2.05, 4.69) is 11.0 Å². The molecule has 1 heterocycles. The first kappa shape index (κ1) is 21.3. The van der Waals surface area contributed by atoms with E-state index >= 15 is 0 Å². The summed E-state index contributed by atoms with van der Waals surface area (Å²) in [5.41, 5.74) is 1.20. The van der Waals surface area contributed by atoms with Gasteiger partial charge in [0.25, 0.3) is 0 Å². The molecule has 148 valence electrons. The average molecular weight is 386 g/mol. The summed E-state index contributed by atoms with van der Waals surface area (Å²) in [6.45, 7) is 2.52. The molecule has 5 nitrogen and oxygen atoms in total. The summed E-state index contributed by atoms with van der Waals surface area (Å²) < 4.78 is 16.9. The van der Waals surface area contributed by atoms with Gasteiger partial charge >= 0.3 is 0 Å². The summed E-state index contributed by atoms with van der Waals surface area (Å²) in [4.78, 5) is 2.44. The van der Waals surface area contributed by atoms with Crippen molar-refractivity contribution in [1.29, 1.82) is 0 Å². The molecular formula is C20H32ClNO4. The van der Waals surface area contributed by atoms with Gasteiger partial charge in [0.15, 0.2) is 11.5 Å². The summed E-state index contributed by atoms with van der Waals surface area (Å²) >= 11 is 0. The standard InChI is InChI=1S/C20H31NO4.ClH/c1-23-19-8-7-15(13-20(19)24-2)10-12-25-18-6-4-3-5-17(18)21-11-9-16(22)14-21;/h7-8,13,16-18,22H,3-6,9-12,14H2,1-2H3;1H. The highest BCUT2D eigenvalue weighted by Gasteiger charge is 2.34. The second kappa shape index (κ2) is 10.4. The number of aliphatic hydroxyl groups is 1. The number of methoxy groups -OCH3 is 2. The third-order valence-corrected chi connectivity index (χ3v) is 5.50. The van der Waals surface area contributed by atoms with Gasteiger partial charge in [-0.15, -0.1) is 12.4 Å². The van der Waals surface area contributed by atoms with Crippen molar-refractivity contribution in [2.45, 2.75) is 56.8 Å². The van der Waals surface area contributed by atoms with E-state index in [0.717, 1.165) is 43.9 Å². The number of aliphatic hydroxyl groups excluding tert-OH is 1. The van der Waals surface area contributed by atoms with Gasteiger partial charge in [-0.25, -0.2) is 0 Å². The van der Waals surface area contributed by atoms with Crippen LogP contribution in [0.2, 0.25) is 0 Å². The van der Waals surface area contributed by atoms with Crippen molar-refractivity contribution in [3.63, 3.8) is 0 Å². The third kappa shape index (κ3) is 5.26. The molecule has 2 aliphatic rings. The molecule has 3 unspecified atom stereocenters. The highest BCUT2D eigenvalue weighted by Crippen LogP contribution is 2.30. The van der Waals surface area contributed by atoms with Crippen LogP contribution in [0.15, 0.2) is 18.2 Å². The first-order valence-electron chi connectivity index (χ1n) is 9.46. The Labute approximate surface area is 163 Å². The van der Waals surface area contributed by atoms with Crippen LogP contribution < -0.4 is 9.47 Å². The summed E-state index contributed by atoms with van der Waals surface area (Å²) in [5.74, 6) is 1.52. The Balaban J connectivity index is 0.00000243. The molecule has 3 rings (SSSR count). The molecule has 6 heteroatoms. The SMILES string of the molecule is COc1ccc(CCOC2CCCCC2N2CCC(O)C2)cc1OC.Cl. The molecule has 1 aromatic carbocycles. The van der Waals surface area contributed by atoms with E-state index in [9.17, 15) is 5.11 Å². The summed E-state index contributed by atoms with van der Waals surface area (Å²) in [6.07, 6.45) is 6.73. The zero-order valence-corrected chi connectivity index (χ0v) is 16.7. The van der Waals surface area contributed by atoms with Crippen LogP contribution in [0, 0.1) is 0 Å². The van der Waals surface area contributed by atoms with E-state index in [1.807, 2.05) is 12.1 Å². The quantitative estimate of drug-likeness (QED) is 0.781.